The molecule has 1 atom stereocenters. The zero-order valence-electron chi connectivity index (χ0n) is 20.8. The largest absolute Gasteiger partial charge is 0.497 e. The van der Waals surface area contributed by atoms with Crippen LogP contribution in [0, 0.1) is 5.92 Å². The molecule has 0 heterocycles. The maximum Gasteiger partial charge on any atom is 0.243 e. The zero-order valence-corrected chi connectivity index (χ0v) is 20.8. The van der Waals surface area contributed by atoms with Gasteiger partial charge in [-0.3, -0.25) is 14.4 Å². The second-order valence-electron chi connectivity index (χ2n) is 8.10. The second-order valence-corrected chi connectivity index (χ2v) is 8.10. The fraction of sp³-hybridized carbons (Fsp3) is 0.129. The van der Waals surface area contributed by atoms with Crippen LogP contribution in [-0.4, -0.2) is 31.7 Å². The number of benzene rings is 3. The maximum atomic E-state index is 13.5. The van der Waals surface area contributed by atoms with Crippen molar-refractivity contribution in [2.75, 3.05) is 14.2 Å². The van der Waals surface area contributed by atoms with Gasteiger partial charge in [0, 0.05) is 0 Å². The molecule has 0 aliphatic rings. The van der Waals surface area contributed by atoms with Gasteiger partial charge in [-0.25, -0.2) is 0 Å². The SMILES string of the molecule is C=CC(=O)NC(c1ccccc1)C(C(=O)C=Cc1cccc(OC)c1)C(=O)C=Cc1cccc(OC)c1. The Morgan fingerprint density at radius 2 is 1.27 bits per heavy atom. The Labute approximate surface area is 216 Å². The molecule has 0 aromatic heterocycles. The number of hydrogen-bond acceptors (Lipinski definition) is 5. The van der Waals surface area contributed by atoms with Crippen molar-refractivity contribution < 1.29 is 23.9 Å². The molecule has 0 aliphatic heterocycles. The highest BCUT2D eigenvalue weighted by atomic mass is 16.5. The fourth-order valence-corrected chi connectivity index (χ4v) is 3.75. The lowest BCUT2D eigenvalue weighted by Gasteiger charge is -2.25. The lowest BCUT2D eigenvalue weighted by atomic mass is 9.85. The molecule has 6 nitrogen and oxygen atoms in total. The van der Waals surface area contributed by atoms with Crippen LogP contribution < -0.4 is 14.8 Å². The van der Waals surface area contributed by atoms with E-state index in [-0.39, 0.29) is 0 Å². The lowest BCUT2D eigenvalue weighted by Crippen LogP contribution is -2.39. The summed E-state index contributed by atoms with van der Waals surface area (Å²) in [5.41, 5.74) is 2.09. The summed E-state index contributed by atoms with van der Waals surface area (Å²) in [5, 5.41) is 2.77. The van der Waals surface area contributed by atoms with Gasteiger partial charge in [0.1, 0.15) is 17.4 Å². The predicted molar refractivity (Wildman–Crippen MR) is 145 cm³/mol. The van der Waals surface area contributed by atoms with Crippen LogP contribution in [0.2, 0.25) is 0 Å². The molecule has 3 rings (SSSR count). The average molecular weight is 496 g/mol. The van der Waals surface area contributed by atoms with Crippen molar-refractivity contribution in [3.63, 3.8) is 0 Å². The molecule has 188 valence electrons. The number of amides is 1. The summed E-state index contributed by atoms with van der Waals surface area (Å²) in [5.74, 6) is -1.33. The van der Waals surface area contributed by atoms with Crippen molar-refractivity contribution in [1.29, 1.82) is 0 Å². The van der Waals surface area contributed by atoms with Gasteiger partial charge >= 0.3 is 0 Å². The minimum atomic E-state index is -1.21. The van der Waals surface area contributed by atoms with Crippen molar-refractivity contribution >= 4 is 29.6 Å². The van der Waals surface area contributed by atoms with E-state index in [1.165, 1.54) is 12.2 Å². The van der Waals surface area contributed by atoms with Gasteiger partial charge in [-0.15, -0.1) is 0 Å². The Hall–Kier alpha value is -4.71. The second kappa shape index (κ2) is 13.4. The molecule has 3 aromatic rings. The Bertz CT molecular complexity index is 1240. The van der Waals surface area contributed by atoms with Crippen LogP contribution in [0.5, 0.6) is 11.5 Å². The van der Waals surface area contributed by atoms with Gasteiger partial charge in [0.2, 0.25) is 5.91 Å². The van der Waals surface area contributed by atoms with Gasteiger partial charge in [-0.05, 0) is 59.2 Å². The number of carbonyl (C=O) groups is 3. The van der Waals surface area contributed by atoms with Crippen LogP contribution in [-0.2, 0) is 14.4 Å². The number of ketones is 2. The molecule has 0 saturated carbocycles. The molecule has 0 bridgehead atoms. The summed E-state index contributed by atoms with van der Waals surface area (Å²) in [4.78, 5) is 39.4. The first-order chi connectivity index (χ1) is 17.9. The highest BCUT2D eigenvalue weighted by Gasteiger charge is 2.34. The van der Waals surface area contributed by atoms with Gasteiger partial charge in [-0.2, -0.15) is 0 Å². The number of nitrogens with one attached hydrogen (secondary N) is 1. The minimum Gasteiger partial charge on any atom is -0.497 e. The molecule has 0 aliphatic carbocycles. The minimum absolute atomic E-state index is 0.457. The van der Waals surface area contributed by atoms with Gasteiger partial charge in [0.05, 0.1) is 20.3 Å². The molecular formula is C31H29NO5. The molecule has 6 heteroatoms. The lowest BCUT2D eigenvalue weighted by molar-refractivity contribution is -0.129. The van der Waals surface area contributed by atoms with E-state index >= 15 is 0 Å². The molecule has 3 aromatic carbocycles. The maximum absolute atomic E-state index is 13.5. The summed E-state index contributed by atoms with van der Waals surface area (Å²) in [6.45, 7) is 3.51. The van der Waals surface area contributed by atoms with Gasteiger partial charge < -0.3 is 14.8 Å². The summed E-state index contributed by atoms with van der Waals surface area (Å²) >= 11 is 0. The summed E-state index contributed by atoms with van der Waals surface area (Å²) < 4.78 is 10.5. The van der Waals surface area contributed by atoms with E-state index in [1.54, 1.807) is 87.0 Å². The normalized spacial score (nSPS) is 12.6. The topological polar surface area (TPSA) is 81.7 Å². The van der Waals surface area contributed by atoms with Crippen molar-refractivity contribution in [1.82, 2.24) is 5.32 Å². The standard InChI is InChI=1S/C31H29NO5/c1-4-29(35)32-31(24-12-6-5-7-13-24)30(27(33)18-16-22-10-8-14-25(20-22)36-2)28(34)19-17-23-11-9-15-26(21-23)37-3/h4-21,30-31H,1H2,2-3H3,(H,32,35). The fourth-order valence-electron chi connectivity index (χ4n) is 3.75. The highest BCUT2D eigenvalue weighted by Crippen LogP contribution is 2.26. The zero-order chi connectivity index (χ0) is 26.6. The van der Waals surface area contributed by atoms with E-state index in [9.17, 15) is 14.4 Å². The summed E-state index contributed by atoms with van der Waals surface area (Å²) in [6.07, 6.45) is 7.06. The average Bonchev–Trinajstić information content (AvgIpc) is 2.95. The van der Waals surface area contributed by atoms with Crippen LogP contribution in [0.25, 0.3) is 12.2 Å². The quantitative estimate of drug-likeness (QED) is 0.275. The molecule has 1 amide bonds. The van der Waals surface area contributed by atoms with E-state index in [2.05, 4.69) is 11.9 Å². The Balaban J connectivity index is 2.00. The first-order valence-electron chi connectivity index (χ1n) is 11.6. The monoisotopic (exact) mass is 495 g/mol. The molecule has 0 radical (unpaired) electrons. The number of methoxy groups -OCH3 is 2. The van der Waals surface area contributed by atoms with Gasteiger partial charge in [-0.1, -0.05) is 73.3 Å². The highest BCUT2D eigenvalue weighted by molar-refractivity contribution is 6.14. The molecule has 0 saturated heterocycles. The van der Waals surface area contributed by atoms with E-state index < -0.39 is 29.4 Å². The number of hydrogen-bond donors (Lipinski definition) is 1. The number of rotatable bonds is 12. The third-order valence-electron chi connectivity index (χ3n) is 5.66. The summed E-state index contributed by atoms with van der Waals surface area (Å²) in [7, 11) is 3.12. The van der Waals surface area contributed by atoms with E-state index in [0.29, 0.717) is 17.1 Å². The van der Waals surface area contributed by atoms with E-state index in [0.717, 1.165) is 17.2 Å². The predicted octanol–water partition coefficient (Wildman–Crippen LogP) is 5.23. The smallest absolute Gasteiger partial charge is 0.243 e. The molecule has 0 fully saturated rings. The van der Waals surface area contributed by atoms with Crippen molar-refractivity contribution in [3.05, 3.63) is 120 Å². The van der Waals surface area contributed by atoms with E-state index in [1.807, 2.05) is 18.2 Å². The third kappa shape index (κ3) is 7.64. The van der Waals surface area contributed by atoms with Crippen molar-refractivity contribution in [2.45, 2.75) is 6.04 Å². The van der Waals surface area contributed by atoms with Gasteiger partial charge in [0.25, 0.3) is 0 Å². The van der Waals surface area contributed by atoms with Gasteiger partial charge in [0.15, 0.2) is 11.6 Å². The van der Waals surface area contributed by atoms with Crippen LogP contribution in [0.15, 0.2) is 104 Å². The molecule has 1 N–H and O–H groups in total. The Kier molecular flexibility index (Phi) is 9.74. The molecule has 37 heavy (non-hydrogen) atoms. The molecule has 1 unspecified atom stereocenters. The third-order valence-corrected chi connectivity index (χ3v) is 5.66. The van der Waals surface area contributed by atoms with Crippen molar-refractivity contribution in [3.8, 4) is 11.5 Å². The Morgan fingerprint density at radius 3 is 1.73 bits per heavy atom. The van der Waals surface area contributed by atoms with Crippen molar-refractivity contribution in [2.24, 2.45) is 5.92 Å². The molecule has 0 spiro atoms. The number of ether oxygens (including phenoxy) is 2. The first-order valence-corrected chi connectivity index (χ1v) is 11.6. The number of carbonyl (C=O) groups excluding carboxylic acids is 3. The van der Waals surface area contributed by atoms with Crippen LogP contribution in [0.4, 0.5) is 0 Å². The summed E-state index contributed by atoms with van der Waals surface area (Å²) in [6, 6.07) is 22.4. The molecular weight excluding hydrogens is 466 g/mol. The van der Waals surface area contributed by atoms with Crippen LogP contribution >= 0.6 is 0 Å². The van der Waals surface area contributed by atoms with Crippen LogP contribution in [0.1, 0.15) is 22.7 Å². The van der Waals surface area contributed by atoms with E-state index in [4.69, 9.17) is 9.47 Å². The van der Waals surface area contributed by atoms with Crippen LogP contribution in [0.3, 0.4) is 0 Å². The Morgan fingerprint density at radius 1 is 0.757 bits per heavy atom. The first kappa shape index (κ1) is 26.9. The number of allylic oxidation sites excluding steroid dienone is 2.